The second-order valence-corrected chi connectivity index (χ2v) is 5.21. The van der Waals surface area contributed by atoms with Crippen molar-refractivity contribution in [3.8, 4) is 11.6 Å². The SMILES string of the molecule is CCCOc1ccc(CNCCOc2ccccn2)cc1Cl. The minimum absolute atomic E-state index is 0.572. The van der Waals surface area contributed by atoms with Crippen LogP contribution in [0.5, 0.6) is 11.6 Å². The lowest BCUT2D eigenvalue weighted by Gasteiger charge is -2.10. The van der Waals surface area contributed by atoms with E-state index in [4.69, 9.17) is 21.1 Å². The molecule has 22 heavy (non-hydrogen) atoms. The molecule has 0 spiro atoms. The van der Waals surface area contributed by atoms with Gasteiger partial charge >= 0.3 is 0 Å². The molecular formula is C17H21ClN2O2. The summed E-state index contributed by atoms with van der Waals surface area (Å²) in [5.41, 5.74) is 1.12. The Labute approximate surface area is 136 Å². The zero-order valence-corrected chi connectivity index (χ0v) is 13.5. The predicted octanol–water partition coefficient (Wildman–Crippen LogP) is 3.69. The molecule has 0 saturated carbocycles. The minimum atomic E-state index is 0.572. The van der Waals surface area contributed by atoms with Gasteiger partial charge in [0.15, 0.2) is 0 Å². The van der Waals surface area contributed by atoms with Crippen molar-refractivity contribution in [2.45, 2.75) is 19.9 Å². The van der Waals surface area contributed by atoms with Crippen molar-refractivity contribution in [2.24, 2.45) is 0 Å². The third kappa shape index (κ3) is 5.54. The van der Waals surface area contributed by atoms with Crippen LogP contribution in [-0.2, 0) is 6.54 Å². The fourth-order valence-corrected chi connectivity index (χ4v) is 2.13. The van der Waals surface area contributed by atoms with Crippen LogP contribution in [0.2, 0.25) is 5.02 Å². The monoisotopic (exact) mass is 320 g/mol. The molecule has 0 radical (unpaired) electrons. The van der Waals surface area contributed by atoms with E-state index in [1.807, 2.05) is 36.4 Å². The smallest absolute Gasteiger partial charge is 0.213 e. The molecule has 4 nitrogen and oxygen atoms in total. The number of benzene rings is 1. The molecule has 0 aliphatic rings. The maximum atomic E-state index is 6.20. The van der Waals surface area contributed by atoms with E-state index in [-0.39, 0.29) is 0 Å². The number of nitrogens with zero attached hydrogens (tertiary/aromatic N) is 1. The number of nitrogens with one attached hydrogen (secondary N) is 1. The van der Waals surface area contributed by atoms with E-state index < -0.39 is 0 Å². The summed E-state index contributed by atoms with van der Waals surface area (Å²) in [6.45, 7) is 4.80. The summed E-state index contributed by atoms with van der Waals surface area (Å²) in [5, 5.41) is 3.96. The standard InChI is InChI=1S/C17H21ClN2O2/c1-2-10-21-16-7-6-14(12-15(16)18)13-19-9-11-22-17-5-3-4-8-20-17/h3-8,12,19H,2,9-11,13H2,1H3. The average molecular weight is 321 g/mol. The Bertz CT molecular complexity index is 564. The first-order chi connectivity index (χ1) is 10.8. The lowest BCUT2D eigenvalue weighted by atomic mass is 10.2. The van der Waals surface area contributed by atoms with E-state index >= 15 is 0 Å². The fourth-order valence-electron chi connectivity index (χ4n) is 1.88. The normalized spacial score (nSPS) is 10.5. The van der Waals surface area contributed by atoms with Crippen molar-refractivity contribution >= 4 is 11.6 Å². The van der Waals surface area contributed by atoms with E-state index in [9.17, 15) is 0 Å². The van der Waals surface area contributed by atoms with Crippen LogP contribution in [0.3, 0.4) is 0 Å². The van der Waals surface area contributed by atoms with Crippen molar-refractivity contribution in [1.29, 1.82) is 0 Å². The van der Waals surface area contributed by atoms with Gasteiger partial charge in [0.05, 0.1) is 11.6 Å². The van der Waals surface area contributed by atoms with Crippen LogP contribution < -0.4 is 14.8 Å². The molecule has 1 aromatic heterocycles. The van der Waals surface area contributed by atoms with Crippen LogP contribution in [0.1, 0.15) is 18.9 Å². The van der Waals surface area contributed by atoms with Crippen molar-refractivity contribution < 1.29 is 9.47 Å². The Morgan fingerprint density at radius 3 is 2.77 bits per heavy atom. The molecule has 0 amide bonds. The lowest BCUT2D eigenvalue weighted by Crippen LogP contribution is -2.20. The summed E-state index contributed by atoms with van der Waals surface area (Å²) in [4.78, 5) is 4.10. The molecule has 5 heteroatoms. The Morgan fingerprint density at radius 1 is 1.14 bits per heavy atom. The third-order valence-corrected chi connectivity index (χ3v) is 3.25. The van der Waals surface area contributed by atoms with Gasteiger partial charge in [-0.05, 0) is 30.2 Å². The zero-order valence-electron chi connectivity index (χ0n) is 12.7. The summed E-state index contributed by atoms with van der Waals surface area (Å²) >= 11 is 6.20. The van der Waals surface area contributed by atoms with Gasteiger partial charge in [-0.25, -0.2) is 4.98 Å². The van der Waals surface area contributed by atoms with Crippen LogP contribution in [0.15, 0.2) is 42.6 Å². The third-order valence-electron chi connectivity index (χ3n) is 2.95. The van der Waals surface area contributed by atoms with Gasteiger partial charge in [-0.2, -0.15) is 0 Å². The molecule has 0 saturated heterocycles. The number of aromatic nitrogens is 1. The van der Waals surface area contributed by atoms with Gasteiger partial charge < -0.3 is 14.8 Å². The van der Waals surface area contributed by atoms with Crippen LogP contribution in [0, 0.1) is 0 Å². The summed E-state index contributed by atoms with van der Waals surface area (Å²) in [7, 11) is 0. The highest BCUT2D eigenvalue weighted by molar-refractivity contribution is 6.32. The largest absolute Gasteiger partial charge is 0.492 e. The summed E-state index contributed by atoms with van der Waals surface area (Å²) in [6.07, 6.45) is 2.68. The molecule has 118 valence electrons. The van der Waals surface area contributed by atoms with E-state index in [0.717, 1.165) is 30.8 Å². The molecule has 2 aromatic rings. The molecule has 0 atom stereocenters. The van der Waals surface area contributed by atoms with Crippen LogP contribution >= 0.6 is 11.6 Å². The molecule has 0 bridgehead atoms. The second kappa shape index (κ2) is 9.28. The Balaban J connectivity index is 1.69. The number of ether oxygens (including phenoxy) is 2. The highest BCUT2D eigenvalue weighted by Gasteiger charge is 2.03. The molecule has 2 rings (SSSR count). The molecule has 1 heterocycles. The number of halogens is 1. The quantitative estimate of drug-likeness (QED) is 0.716. The Hall–Kier alpha value is -1.78. The second-order valence-electron chi connectivity index (χ2n) is 4.81. The van der Waals surface area contributed by atoms with Crippen LogP contribution in [0.25, 0.3) is 0 Å². The number of hydrogen-bond acceptors (Lipinski definition) is 4. The van der Waals surface area contributed by atoms with Gasteiger partial charge in [0, 0.05) is 25.4 Å². The van der Waals surface area contributed by atoms with Crippen LogP contribution in [0.4, 0.5) is 0 Å². The molecule has 1 N–H and O–H groups in total. The predicted molar refractivity (Wildman–Crippen MR) is 88.7 cm³/mol. The van der Waals surface area contributed by atoms with Gasteiger partial charge in [0.2, 0.25) is 5.88 Å². The van der Waals surface area contributed by atoms with Gasteiger partial charge in [-0.15, -0.1) is 0 Å². The molecule has 0 unspecified atom stereocenters. The molecular weight excluding hydrogens is 300 g/mol. The molecule has 0 fully saturated rings. The van der Waals surface area contributed by atoms with Crippen molar-refractivity contribution in [2.75, 3.05) is 19.8 Å². The first-order valence-corrected chi connectivity index (χ1v) is 7.83. The maximum Gasteiger partial charge on any atom is 0.213 e. The first-order valence-electron chi connectivity index (χ1n) is 7.45. The highest BCUT2D eigenvalue weighted by Crippen LogP contribution is 2.25. The van der Waals surface area contributed by atoms with Crippen LogP contribution in [-0.4, -0.2) is 24.7 Å². The summed E-state index contributed by atoms with van der Waals surface area (Å²) in [6, 6.07) is 11.5. The minimum Gasteiger partial charge on any atom is -0.492 e. The molecule has 0 aliphatic heterocycles. The van der Waals surface area contributed by atoms with Crippen molar-refractivity contribution in [1.82, 2.24) is 10.3 Å². The summed E-state index contributed by atoms with van der Waals surface area (Å²) in [5.74, 6) is 1.38. The Morgan fingerprint density at radius 2 is 2.05 bits per heavy atom. The molecule has 0 aliphatic carbocycles. The van der Waals surface area contributed by atoms with Gasteiger partial charge in [0.25, 0.3) is 0 Å². The number of rotatable bonds is 9. The first kappa shape index (κ1) is 16.6. The average Bonchev–Trinajstić information content (AvgIpc) is 2.55. The van der Waals surface area contributed by atoms with E-state index in [0.29, 0.717) is 24.1 Å². The Kier molecular flexibility index (Phi) is 7.00. The fraction of sp³-hybridized carbons (Fsp3) is 0.353. The van der Waals surface area contributed by atoms with E-state index in [2.05, 4.69) is 17.2 Å². The number of hydrogen-bond donors (Lipinski definition) is 1. The van der Waals surface area contributed by atoms with Crippen molar-refractivity contribution in [3.63, 3.8) is 0 Å². The lowest BCUT2D eigenvalue weighted by molar-refractivity contribution is 0.302. The van der Waals surface area contributed by atoms with E-state index in [1.165, 1.54) is 0 Å². The van der Waals surface area contributed by atoms with Gasteiger partial charge in [0.1, 0.15) is 12.4 Å². The zero-order chi connectivity index (χ0) is 15.6. The molecule has 1 aromatic carbocycles. The van der Waals surface area contributed by atoms with E-state index in [1.54, 1.807) is 6.20 Å². The number of pyridine rings is 1. The maximum absolute atomic E-state index is 6.20. The van der Waals surface area contributed by atoms with Crippen molar-refractivity contribution in [3.05, 3.63) is 53.2 Å². The van der Waals surface area contributed by atoms with Gasteiger partial charge in [-0.1, -0.05) is 30.7 Å². The summed E-state index contributed by atoms with van der Waals surface area (Å²) < 4.78 is 11.1. The topological polar surface area (TPSA) is 43.4 Å². The van der Waals surface area contributed by atoms with Gasteiger partial charge in [-0.3, -0.25) is 0 Å². The highest BCUT2D eigenvalue weighted by atomic mass is 35.5.